The average molecular weight is 499 g/mol. The SMILES string of the molecule is CCc1ccc(N(CC(C)C)S(=O)(=O)c2cc(C(N)=O)c3c(CC4CCOCC4)[nH]nc3c2)cc1. The molecule has 9 heteroatoms. The minimum Gasteiger partial charge on any atom is -0.381 e. The van der Waals surface area contributed by atoms with E-state index in [2.05, 4.69) is 17.1 Å². The molecule has 1 saturated heterocycles. The Balaban J connectivity index is 1.78. The second-order valence-corrected chi connectivity index (χ2v) is 11.5. The molecule has 0 radical (unpaired) electrons. The molecule has 1 amide bonds. The number of anilines is 1. The first-order valence-electron chi connectivity index (χ1n) is 12.2. The van der Waals surface area contributed by atoms with Crippen LogP contribution >= 0.6 is 0 Å². The number of aryl methyl sites for hydroxylation is 1. The lowest BCUT2D eigenvalue weighted by molar-refractivity contribution is 0.0663. The number of nitrogens with zero attached hydrogens (tertiary/aromatic N) is 2. The number of aromatic nitrogens is 2. The molecular weight excluding hydrogens is 464 g/mol. The van der Waals surface area contributed by atoms with Crippen LogP contribution in [-0.4, -0.2) is 44.3 Å². The number of primary amides is 1. The van der Waals surface area contributed by atoms with E-state index in [1.165, 1.54) is 16.4 Å². The number of H-pyrrole nitrogens is 1. The number of fused-ring (bicyclic) bond motifs is 1. The van der Waals surface area contributed by atoms with Crippen LogP contribution in [0.1, 0.15) is 55.2 Å². The molecule has 0 spiro atoms. The minimum atomic E-state index is -3.98. The largest absolute Gasteiger partial charge is 0.381 e. The maximum atomic E-state index is 13.9. The topological polar surface area (TPSA) is 118 Å². The second-order valence-electron chi connectivity index (χ2n) is 9.64. The average Bonchev–Trinajstić information content (AvgIpc) is 3.25. The maximum absolute atomic E-state index is 13.9. The molecule has 4 rings (SSSR count). The van der Waals surface area contributed by atoms with Gasteiger partial charge in [-0.15, -0.1) is 0 Å². The van der Waals surface area contributed by atoms with Gasteiger partial charge in [-0.05, 0) is 67.3 Å². The molecule has 0 unspecified atom stereocenters. The summed E-state index contributed by atoms with van der Waals surface area (Å²) in [6, 6.07) is 10.5. The zero-order valence-electron chi connectivity index (χ0n) is 20.6. The number of amides is 1. The summed E-state index contributed by atoms with van der Waals surface area (Å²) in [4.78, 5) is 12.5. The second kappa shape index (κ2) is 10.4. The lowest BCUT2D eigenvalue weighted by atomic mass is 9.93. The van der Waals surface area contributed by atoms with Crippen LogP contribution in [0.4, 0.5) is 5.69 Å². The molecule has 0 atom stereocenters. The first-order valence-corrected chi connectivity index (χ1v) is 13.6. The molecule has 1 aliphatic heterocycles. The summed E-state index contributed by atoms with van der Waals surface area (Å²) in [7, 11) is -3.98. The highest BCUT2D eigenvalue weighted by molar-refractivity contribution is 7.92. The Bertz CT molecular complexity index is 1290. The fourth-order valence-electron chi connectivity index (χ4n) is 4.62. The molecular formula is C26H34N4O4S. The Morgan fingerprint density at radius 3 is 2.49 bits per heavy atom. The van der Waals surface area contributed by atoms with Crippen molar-refractivity contribution in [3.63, 3.8) is 0 Å². The number of sulfonamides is 1. The lowest BCUT2D eigenvalue weighted by Gasteiger charge is -2.26. The maximum Gasteiger partial charge on any atom is 0.264 e. The summed E-state index contributed by atoms with van der Waals surface area (Å²) in [5, 5.41) is 8.01. The van der Waals surface area contributed by atoms with E-state index in [0.717, 1.165) is 30.5 Å². The Hall–Kier alpha value is -2.91. The number of hydrogen-bond donors (Lipinski definition) is 2. The van der Waals surface area contributed by atoms with Crippen molar-refractivity contribution in [2.24, 2.45) is 17.6 Å². The van der Waals surface area contributed by atoms with E-state index in [9.17, 15) is 13.2 Å². The van der Waals surface area contributed by atoms with Crippen LogP contribution in [-0.2, 0) is 27.6 Å². The normalized spacial score (nSPS) is 15.1. The molecule has 1 fully saturated rings. The van der Waals surface area contributed by atoms with Crippen LogP contribution < -0.4 is 10.0 Å². The Morgan fingerprint density at radius 1 is 1.20 bits per heavy atom. The Labute approximate surface area is 206 Å². The number of nitrogens with two attached hydrogens (primary N) is 1. The predicted octanol–water partition coefficient (Wildman–Crippen LogP) is 4.04. The fourth-order valence-corrected chi connectivity index (χ4v) is 6.29. The molecule has 2 aromatic carbocycles. The van der Waals surface area contributed by atoms with Gasteiger partial charge in [0.1, 0.15) is 0 Å². The van der Waals surface area contributed by atoms with E-state index in [4.69, 9.17) is 10.5 Å². The van der Waals surface area contributed by atoms with E-state index < -0.39 is 15.9 Å². The van der Waals surface area contributed by atoms with E-state index in [-0.39, 0.29) is 16.4 Å². The summed E-state index contributed by atoms with van der Waals surface area (Å²) < 4.78 is 34.6. The van der Waals surface area contributed by atoms with Crippen molar-refractivity contribution in [2.75, 3.05) is 24.1 Å². The van der Waals surface area contributed by atoms with Gasteiger partial charge in [-0.2, -0.15) is 5.10 Å². The van der Waals surface area contributed by atoms with Gasteiger partial charge in [-0.3, -0.25) is 14.2 Å². The zero-order valence-corrected chi connectivity index (χ0v) is 21.4. The molecule has 8 nitrogen and oxygen atoms in total. The standard InChI is InChI=1S/C26H34N4O4S/c1-4-18-5-7-20(8-6-18)30(16-17(2)3)35(32,33)21-14-22(26(27)31)25-23(28-29-24(25)15-21)13-19-9-11-34-12-10-19/h5-8,14-15,17,19H,4,9-13,16H2,1-3H3,(H2,27,31)(H,28,29). The number of carbonyl (C=O) groups is 1. The third kappa shape index (κ3) is 5.36. The van der Waals surface area contributed by atoms with Crippen molar-refractivity contribution in [1.82, 2.24) is 10.2 Å². The number of hydrogen-bond acceptors (Lipinski definition) is 5. The Kier molecular flexibility index (Phi) is 7.47. The number of aromatic amines is 1. The van der Waals surface area contributed by atoms with Crippen molar-refractivity contribution < 1.29 is 17.9 Å². The van der Waals surface area contributed by atoms with E-state index >= 15 is 0 Å². The minimum absolute atomic E-state index is 0.00290. The summed E-state index contributed by atoms with van der Waals surface area (Å²) >= 11 is 0. The number of benzene rings is 2. The molecule has 35 heavy (non-hydrogen) atoms. The van der Waals surface area contributed by atoms with Gasteiger partial charge in [0.05, 0.1) is 21.7 Å². The van der Waals surface area contributed by atoms with Crippen LogP contribution in [0, 0.1) is 11.8 Å². The van der Waals surface area contributed by atoms with E-state index in [1.807, 2.05) is 38.1 Å². The van der Waals surface area contributed by atoms with Crippen LogP contribution in [0.15, 0.2) is 41.3 Å². The van der Waals surface area contributed by atoms with Crippen molar-refractivity contribution in [1.29, 1.82) is 0 Å². The highest BCUT2D eigenvalue weighted by Crippen LogP contribution is 2.32. The summed E-state index contributed by atoms with van der Waals surface area (Å²) in [5.74, 6) is -0.181. The first kappa shape index (κ1) is 25.2. The molecule has 0 aliphatic carbocycles. The monoisotopic (exact) mass is 498 g/mol. The van der Waals surface area contributed by atoms with Gasteiger partial charge < -0.3 is 10.5 Å². The number of carbonyl (C=O) groups excluding carboxylic acids is 1. The molecule has 1 aromatic heterocycles. The van der Waals surface area contributed by atoms with Gasteiger partial charge >= 0.3 is 0 Å². The molecule has 2 heterocycles. The van der Waals surface area contributed by atoms with Crippen LogP contribution in [0.3, 0.4) is 0 Å². The van der Waals surface area contributed by atoms with Crippen molar-refractivity contribution in [3.8, 4) is 0 Å². The van der Waals surface area contributed by atoms with Gasteiger partial charge in [-0.25, -0.2) is 8.42 Å². The van der Waals surface area contributed by atoms with Gasteiger partial charge in [-0.1, -0.05) is 32.9 Å². The van der Waals surface area contributed by atoms with Gasteiger partial charge in [0.2, 0.25) is 5.91 Å². The van der Waals surface area contributed by atoms with E-state index in [0.29, 0.717) is 48.7 Å². The van der Waals surface area contributed by atoms with E-state index in [1.54, 1.807) is 0 Å². The number of rotatable bonds is 9. The lowest BCUT2D eigenvalue weighted by Crippen LogP contribution is -2.34. The molecule has 1 aliphatic rings. The summed E-state index contributed by atoms with van der Waals surface area (Å²) in [5.41, 5.74) is 8.85. The summed E-state index contributed by atoms with van der Waals surface area (Å²) in [6.07, 6.45) is 3.43. The highest BCUT2D eigenvalue weighted by Gasteiger charge is 2.29. The number of nitrogens with one attached hydrogen (secondary N) is 1. The molecule has 188 valence electrons. The van der Waals surface area contributed by atoms with Crippen LogP contribution in [0.2, 0.25) is 0 Å². The quantitative estimate of drug-likeness (QED) is 0.461. The van der Waals surface area contributed by atoms with Crippen LogP contribution in [0.5, 0.6) is 0 Å². The smallest absolute Gasteiger partial charge is 0.264 e. The van der Waals surface area contributed by atoms with Crippen molar-refractivity contribution in [2.45, 2.75) is 51.3 Å². The van der Waals surface area contributed by atoms with Crippen LogP contribution in [0.25, 0.3) is 10.9 Å². The Morgan fingerprint density at radius 2 is 1.89 bits per heavy atom. The molecule has 0 bridgehead atoms. The molecule has 3 aromatic rings. The third-order valence-corrected chi connectivity index (χ3v) is 8.33. The van der Waals surface area contributed by atoms with Gasteiger partial charge in [0.15, 0.2) is 0 Å². The highest BCUT2D eigenvalue weighted by atomic mass is 32.2. The van der Waals surface area contributed by atoms with Crippen molar-refractivity contribution in [3.05, 3.63) is 53.2 Å². The van der Waals surface area contributed by atoms with Crippen molar-refractivity contribution >= 4 is 32.5 Å². The predicted molar refractivity (Wildman–Crippen MR) is 137 cm³/mol. The van der Waals surface area contributed by atoms with Gasteiger partial charge in [0, 0.05) is 30.8 Å². The first-order chi connectivity index (χ1) is 16.7. The number of ether oxygens (including phenoxy) is 1. The third-order valence-electron chi connectivity index (χ3n) is 6.55. The van der Waals surface area contributed by atoms with Gasteiger partial charge in [0.25, 0.3) is 10.0 Å². The molecule has 3 N–H and O–H groups in total. The summed E-state index contributed by atoms with van der Waals surface area (Å²) in [6.45, 7) is 7.72. The zero-order chi connectivity index (χ0) is 25.2. The molecule has 0 saturated carbocycles. The fraction of sp³-hybridized carbons (Fsp3) is 0.462.